The quantitative estimate of drug-likeness (QED) is 0.468. The molecule has 1 saturated carbocycles. The van der Waals surface area contributed by atoms with Gasteiger partial charge in [-0.25, -0.2) is 0 Å². The Morgan fingerprint density at radius 2 is 1.94 bits per heavy atom. The molecule has 0 radical (unpaired) electrons. The van der Waals surface area contributed by atoms with E-state index in [-0.39, 0.29) is 12.6 Å². The summed E-state index contributed by atoms with van der Waals surface area (Å²) in [4.78, 5) is 44.9. The number of aromatic nitrogens is 1. The molecule has 1 fully saturated rings. The maximum atomic E-state index is 13.4. The number of anilines is 1. The number of methoxy groups -OCH3 is 1. The minimum atomic E-state index is -1.17. The van der Waals surface area contributed by atoms with Crippen molar-refractivity contribution in [3.63, 3.8) is 0 Å². The van der Waals surface area contributed by atoms with E-state index in [1.54, 1.807) is 42.6 Å². The van der Waals surface area contributed by atoms with Crippen molar-refractivity contribution < 1.29 is 19.1 Å². The third-order valence-electron chi connectivity index (χ3n) is 5.34. The first-order valence-electron chi connectivity index (χ1n) is 10.6. The molecule has 1 atom stereocenters. The minimum absolute atomic E-state index is 0.0449. The van der Waals surface area contributed by atoms with Crippen molar-refractivity contribution in [3.8, 4) is 0 Å². The van der Waals surface area contributed by atoms with Gasteiger partial charge < -0.3 is 15.4 Å². The second kappa shape index (κ2) is 11.6. The zero-order valence-corrected chi connectivity index (χ0v) is 18.7. The van der Waals surface area contributed by atoms with Crippen molar-refractivity contribution in [2.45, 2.75) is 37.8 Å². The topological polar surface area (TPSA) is 101 Å². The normalized spacial score (nSPS) is 14.6. The van der Waals surface area contributed by atoms with Crippen LogP contribution in [0, 0.1) is 0 Å². The maximum absolute atomic E-state index is 13.4. The van der Waals surface area contributed by atoms with Crippen molar-refractivity contribution in [3.05, 3.63) is 59.4 Å². The number of ether oxygens (including phenoxy) is 1. The van der Waals surface area contributed by atoms with Crippen LogP contribution in [0.4, 0.5) is 5.69 Å². The lowest BCUT2D eigenvalue weighted by molar-refractivity contribution is -0.139. The maximum Gasteiger partial charge on any atom is 0.317 e. The number of hydrogen-bond acceptors (Lipinski definition) is 5. The summed E-state index contributed by atoms with van der Waals surface area (Å²) in [5.74, 6) is -2.10. The fraction of sp³-hybridized carbons (Fsp3) is 0.391. The number of amides is 3. The Bertz CT molecular complexity index is 935. The smallest absolute Gasteiger partial charge is 0.317 e. The van der Waals surface area contributed by atoms with E-state index >= 15 is 0 Å². The third-order valence-corrected chi connectivity index (χ3v) is 5.68. The molecule has 2 N–H and O–H groups in total. The molecule has 3 rings (SSSR count). The van der Waals surface area contributed by atoms with Crippen molar-refractivity contribution in [1.29, 1.82) is 0 Å². The van der Waals surface area contributed by atoms with Gasteiger partial charge in [0, 0.05) is 36.5 Å². The number of hydrogen-bond donors (Lipinski definition) is 2. The van der Waals surface area contributed by atoms with E-state index < -0.39 is 23.8 Å². The molecule has 32 heavy (non-hydrogen) atoms. The van der Waals surface area contributed by atoms with Crippen LogP contribution >= 0.6 is 11.6 Å². The minimum Gasteiger partial charge on any atom is -0.383 e. The number of pyridine rings is 1. The van der Waals surface area contributed by atoms with Gasteiger partial charge in [0.2, 0.25) is 5.91 Å². The average Bonchev–Trinajstić information content (AvgIpc) is 3.31. The molecule has 1 aliphatic rings. The predicted octanol–water partition coefficient (Wildman–Crippen LogP) is 2.63. The lowest BCUT2D eigenvalue weighted by Gasteiger charge is -2.31. The van der Waals surface area contributed by atoms with Gasteiger partial charge in [-0.15, -0.1) is 0 Å². The first kappa shape index (κ1) is 23.7. The molecule has 1 aromatic carbocycles. The summed E-state index contributed by atoms with van der Waals surface area (Å²) in [5.41, 5.74) is 0.709. The lowest BCUT2D eigenvalue weighted by Crippen LogP contribution is -2.51. The molecule has 3 amide bonds. The summed E-state index contributed by atoms with van der Waals surface area (Å²) in [6.07, 6.45) is 6.67. The zero-order valence-electron chi connectivity index (χ0n) is 17.9. The van der Waals surface area contributed by atoms with Gasteiger partial charge in [0.1, 0.15) is 6.04 Å². The Balaban J connectivity index is 2.00. The van der Waals surface area contributed by atoms with Crippen LogP contribution < -0.4 is 15.5 Å². The van der Waals surface area contributed by atoms with Gasteiger partial charge in [0.25, 0.3) is 0 Å². The molecule has 2 aromatic rings. The van der Waals surface area contributed by atoms with E-state index in [2.05, 4.69) is 15.6 Å². The molecular formula is C23H27ClN4O4. The van der Waals surface area contributed by atoms with Crippen LogP contribution in [0.3, 0.4) is 0 Å². The van der Waals surface area contributed by atoms with Gasteiger partial charge in [0.05, 0.1) is 18.5 Å². The number of benzene rings is 1. The zero-order chi connectivity index (χ0) is 22.9. The Morgan fingerprint density at radius 1 is 1.19 bits per heavy atom. The van der Waals surface area contributed by atoms with E-state index in [4.69, 9.17) is 16.3 Å². The third kappa shape index (κ3) is 5.83. The predicted molar refractivity (Wildman–Crippen MR) is 121 cm³/mol. The van der Waals surface area contributed by atoms with Crippen LogP contribution in [-0.4, -0.2) is 49.0 Å². The van der Waals surface area contributed by atoms with Crippen LogP contribution in [0.2, 0.25) is 5.02 Å². The SMILES string of the molecule is COCCNC(=O)[C@H](c1ccccc1Cl)N(C(=O)C(=O)NC1CCCC1)c1cccnc1. The van der Waals surface area contributed by atoms with E-state index in [0.717, 1.165) is 30.6 Å². The largest absolute Gasteiger partial charge is 0.383 e. The van der Waals surface area contributed by atoms with Gasteiger partial charge in [-0.3, -0.25) is 24.3 Å². The molecule has 8 nitrogen and oxygen atoms in total. The Hall–Kier alpha value is -2.97. The number of halogens is 1. The van der Waals surface area contributed by atoms with E-state index in [1.165, 1.54) is 13.3 Å². The van der Waals surface area contributed by atoms with Gasteiger partial charge in [-0.1, -0.05) is 42.6 Å². The van der Waals surface area contributed by atoms with Gasteiger partial charge in [-0.05, 0) is 31.0 Å². The second-order valence-corrected chi connectivity index (χ2v) is 7.96. The number of nitrogens with zero attached hydrogens (tertiary/aromatic N) is 2. The Morgan fingerprint density at radius 3 is 2.59 bits per heavy atom. The van der Waals surface area contributed by atoms with E-state index in [9.17, 15) is 14.4 Å². The van der Waals surface area contributed by atoms with Gasteiger partial charge >= 0.3 is 11.8 Å². The van der Waals surface area contributed by atoms with Crippen LogP contribution in [-0.2, 0) is 19.1 Å². The Labute approximate surface area is 192 Å². The van der Waals surface area contributed by atoms with Gasteiger partial charge in [0.15, 0.2) is 0 Å². The molecule has 9 heteroatoms. The fourth-order valence-electron chi connectivity index (χ4n) is 3.77. The first-order valence-corrected chi connectivity index (χ1v) is 11.0. The van der Waals surface area contributed by atoms with Crippen LogP contribution in [0.1, 0.15) is 37.3 Å². The van der Waals surface area contributed by atoms with E-state index in [1.807, 2.05) is 0 Å². The van der Waals surface area contributed by atoms with Crippen LogP contribution in [0.15, 0.2) is 48.8 Å². The molecule has 170 valence electrons. The number of rotatable bonds is 8. The molecule has 0 saturated heterocycles. The average molecular weight is 459 g/mol. The molecule has 1 aliphatic carbocycles. The molecular weight excluding hydrogens is 432 g/mol. The van der Waals surface area contributed by atoms with Crippen molar-refractivity contribution in [1.82, 2.24) is 15.6 Å². The second-order valence-electron chi connectivity index (χ2n) is 7.55. The Kier molecular flexibility index (Phi) is 8.58. The monoisotopic (exact) mass is 458 g/mol. The highest BCUT2D eigenvalue weighted by molar-refractivity contribution is 6.41. The molecule has 0 unspecified atom stereocenters. The summed E-state index contributed by atoms with van der Waals surface area (Å²) >= 11 is 6.42. The highest BCUT2D eigenvalue weighted by atomic mass is 35.5. The molecule has 0 aliphatic heterocycles. The van der Waals surface area contributed by atoms with Crippen LogP contribution in [0.25, 0.3) is 0 Å². The number of carbonyl (C=O) groups excluding carboxylic acids is 3. The summed E-state index contributed by atoms with van der Waals surface area (Å²) in [6.45, 7) is 0.531. The summed E-state index contributed by atoms with van der Waals surface area (Å²) < 4.78 is 5.01. The first-order chi connectivity index (χ1) is 15.5. The lowest BCUT2D eigenvalue weighted by atomic mass is 10.0. The fourth-order valence-corrected chi connectivity index (χ4v) is 4.01. The number of carbonyl (C=O) groups is 3. The number of nitrogens with one attached hydrogen (secondary N) is 2. The molecule has 1 aromatic heterocycles. The summed E-state index contributed by atoms with van der Waals surface area (Å²) in [7, 11) is 1.52. The van der Waals surface area contributed by atoms with E-state index in [0.29, 0.717) is 22.9 Å². The molecule has 1 heterocycles. The molecule has 0 spiro atoms. The molecule has 0 bridgehead atoms. The summed E-state index contributed by atoms with van der Waals surface area (Å²) in [5, 5.41) is 5.87. The van der Waals surface area contributed by atoms with Crippen molar-refractivity contribution >= 4 is 35.0 Å². The van der Waals surface area contributed by atoms with Crippen molar-refractivity contribution in [2.75, 3.05) is 25.2 Å². The van der Waals surface area contributed by atoms with Gasteiger partial charge in [-0.2, -0.15) is 0 Å². The standard InChI is InChI=1S/C23H27ClN4O4/c1-32-14-13-26-21(29)20(18-10-4-5-11-19(18)24)28(17-9-6-12-25-15-17)23(31)22(30)27-16-7-2-3-8-16/h4-6,9-12,15-16,20H,2-3,7-8,13-14H2,1H3,(H,26,29)(H,27,30)/t20-/m0/s1. The highest BCUT2D eigenvalue weighted by Gasteiger charge is 2.37. The van der Waals surface area contributed by atoms with Crippen LogP contribution in [0.5, 0.6) is 0 Å². The summed E-state index contributed by atoms with van der Waals surface area (Å²) in [6, 6.07) is 8.79. The van der Waals surface area contributed by atoms with Crippen molar-refractivity contribution in [2.24, 2.45) is 0 Å². The highest BCUT2D eigenvalue weighted by Crippen LogP contribution is 2.32.